The zero-order valence-corrected chi connectivity index (χ0v) is 27.3. The molecule has 6 rings (SSSR count). The lowest BCUT2D eigenvalue weighted by molar-refractivity contribution is 0.0696. The summed E-state index contributed by atoms with van der Waals surface area (Å²) in [7, 11) is 0. The molecule has 0 aliphatic carbocycles. The molecule has 2 fully saturated rings. The van der Waals surface area contributed by atoms with Crippen LogP contribution in [-0.2, 0) is 11.8 Å². The molecule has 2 aliphatic heterocycles. The van der Waals surface area contributed by atoms with Crippen molar-refractivity contribution in [3.63, 3.8) is 0 Å². The van der Waals surface area contributed by atoms with Gasteiger partial charge in [0.1, 0.15) is 5.82 Å². The quantitative estimate of drug-likeness (QED) is 0.165. The largest absolute Gasteiger partial charge is 0.478 e. The molecule has 10 heteroatoms. The van der Waals surface area contributed by atoms with Crippen molar-refractivity contribution in [3.8, 4) is 5.69 Å². The third-order valence-corrected chi connectivity index (χ3v) is 9.16. The number of carbonyl (C=O) groups excluding carboxylic acids is 2. The number of hydrogen-bond donors (Lipinski definition) is 4. The van der Waals surface area contributed by atoms with Gasteiger partial charge in [0.25, 0.3) is 0 Å². The number of aromatic nitrogens is 2. The number of carbonyl (C=O) groups is 3. The Labute approximate surface area is 275 Å². The summed E-state index contributed by atoms with van der Waals surface area (Å²) >= 11 is 0. The maximum atomic E-state index is 13.2. The van der Waals surface area contributed by atoms with Gasteiger partial charge in [-0.1, -0.05) is 50.6 Å². The Hall–Kier alpha value is -5.12. The van der Waals surface area contributed by atoms with Gasteiger partial charge in [-0.05, 0) is 99.0 Å². The summed E-state index contributed by atoms with van der Waals surface area (Å²) in [4.78, 5) is 39.5. The number of amides is 4. The third kappa shape index (κ3) is 7.32. The number of carboxylic acid groups (broad SMARTS) is 1. The molecule has 4 N–H and O–H groups in total. The van der Waals surface area contributed by atoms with Gasteiger partial charge < -0.3 is 20.6 Å². The zero-order chi connectivity index (χ0) is 33.3. The molecule has 3 heterocycles. The van der Waals surface area contributed by atoms with Gasteiger partial charge in [0.2, 0.25) is 0 Å². The molecule has 2 saturated heterocycles. The van der Waals surface area contributed by atoms with Crippen LogP contribution in [0.5, 0.6) is 0 Å². The predicted octanol–water partition coefficient (Wildman–Crippen LogP) is 7.84. The number of rotatable bonds is 7. The molecular weight excluding hydrogens is 592 g/mol. The van der Waals surface area contributed by atoms with E-state index in [2.05, 4.69) is 42.8 Å². The van der Waals surface area contributed by atoms with E-state index in [1.807, 2.05) is 60.4 Å². The number of nitrogens with one attached hydrogen (secondary N) is 3. The molecule has 0 saturated carbocycles. The third-order valence-electron chi connectivity index (χ3n) is 9.16. The van der Waals surface area contributed by atoms with Crippen LogP contribution in [0.25, 0.3) is 5.69 Å². The number of anilines is 3. The van der Waals surface area contributed by atoms with Crippen LogP contribution in [0.15, 0.2) is 78.9 Å². The Morgan fingerprint density at radius 1 is 0.851 bits per heavy atom. The maximum Gasteiger partial charge on any atom is 0.335 e. The van der Waals surface area contributed by atoms with E-state index >= 15 is 0 Å². The average molecular weight is 635 g/mol. The summed E-state index contributed by atoms with van der Waals surface area (Å²) in [5.74, 6) is 0.0236. The molecule has 0 spiro atoms. The van der Waals surface area contributed by atoms with Crippen molar-refractivity contribution in [1.29, 1.82) is 0 Å². The number of fused-ring (bicyclic) bond motifs is 2. The van der Waals surface area contributed by atoms with E-state index in [1.165, 1.54) is 12.1 Å². The van der Waals surface area contributed by atoms with Crippen LogP contribution in [0.2, 0.25) is 0 Å². The van der Waals surface area contributed by atoms with Crippen molar-refractivity contribution >= 4 is 35.2 Å². The second kappa shape index (κ2) is 12.9. The van der Waals surface area contributed by atoms with Crippen LogP contribution in [0, 0.1) is 12.8 Å². The fourth-order valence-electron chi connectivity index (χ4n) is 6.78. The highest BCUT2D eigenvalue weighted by Gasteiger charge is 2.43. The van der Waals surface area contributed by atoms with Gasteiger partial charge in [-0.15, -0.1) is 0 Å². The second-order valence-corrected chi connectivity index (χ2v) is 13.8. The summed E-state index contributed by atoms with van der Waals surface area (Å²) in [5, 5.41) is 22.9. The molecule has 1 aromatic heterocycles. The Morgan fingerprint density at radius 3 is 2.17 bits per heavy atom. The molecule has 0 radical (unpaired) electrons. The van der Waals surface area contributed by atoms with Crippen LogP contribution >= 0.6 is 0 Å². The fraction of sp³-hybridized carbons (Fsp3) is 0.351. The van der Waals surface area contributed by atoms with Gasteiger partial charge in [-0.25, -0.2) is 19.1 Å². The van der Waals surface area contributed by atoms with Gasteiger partial charge >= 0.3 is 18.0 Å². The Bertz CT molecular complexity index is 1760. The molecule has 3 aromatic carbocycles. The SMILES string of the molecule is Cc1ccc(-n2nc(C(C)(C)C)cc2NC(=O)Nc2cccc(CC3CC4CCC(C3)N4C(=O)Nc3ccc(C(=O)O)cc3)c2)cc1. The van der Waals surface area contributed by atoms with Crippen LogP contribution < -0.4 is 16.0 Å². The van der Waals surface area contributed by atoms with Gasteiger partial charge in [0, 0.05) is 34.9 Å². The summed E-state index contributed by atoms with van der Waals surface area (Å²) in [6.07, 6.45) is 4.65. The van der Waals surface area contributed by atoms with Crippen molar-refractivity contribution < 1.29 is 19.5 Å². The van der Waals surface area contributed by atoms with Gasteiger partial charge in [0.05, 0.1) is 16.9 Å². The molecule has 10 nitrogen and oxygen atoms in total. The van der Waals surface area contributed by atoms with Crippen molar-refractivity contribution in [2.75, 3.05) is 16.0 Å². The first kappa shape index (κ1) is 31.8. The van der Waals surface area contributed by atoms with Gasteiger partial charge in [0.15, 0.2) is 0 Å². The number of aryl methyl sites for hydroxylation is 1. The minimum absolute atomic E-state index is 0.130. The summed E-state index contributed by atoms with van der Waals surface area (Å²) in [6.45, 7) is 8.32. The molecule has 2 bridgehead atoms. The predicted molar refractivity (Wildman–Crippen MR) is 184 cm³/mol. The first-order valence-electron chi connectivity index (χ1n) is 16.2. The number of carboxylic acids is 1. The maximum absolute atomic E-state index is 13.2. The lowest BCUT2D eigenvalue weighted by Gasteiger charge is -2.39. The Balaban J connectivity index is 1.07. The van der Waals surface area contributed by atoms with E-state index in [-0.39, 0.29) is 35.1 Å². The molecule has 2 aliphatic rings. The number of nitrogens with zero attached hydrogens (tertiary/aromatic N) is 3. The van der Waals surface area contributed by atoms with Crippen LogP contribution in [0.3, 0.4) is 0 Å². The van der Waals surface area contributed by atoms with Crippen molar-refractivity contribution in [1.82, 2.24) is 14.7 Å². The van der Waals surface area contributed by atoms with E-state index in [0.29, 0.717) is 23.1 Å². The topological polar surface area (TPSA) is 129 Å². The van der Waals surface area contributed by atoms with Gasteiger partial charge in [-0.3, -0.25) is 5.32 Å². The van der Waals surface area contributed by atoms with E-state index in [9.17, 15) is 14.4 Å². The molecule has 4 amide bonds. The van der Waals surface area contributed by atoms with E-state index < -0.39 is 5.97 Å². The summed E-state index contributed by atoms with van der Waals surface area (Å²) < 4.78 is 1.77. The Morgan fingerprint density at radius 2 is 1.53 bits per heavy atom. The number of aromatic carboxylic acids is 1. The van der Waals surface area contributed by atoms with Crippen LogP contribution in [0.1, 0.15) is 73.6 Å². The molecule has 2 unspecified atom stereocenters. The van der Waals surface area contributed by atoms with Crippen molar-refractivity contribution in [2.24, 2.45) is 5.92 Å². The fourth-order valence-corrected chi connectivity index (χ4v) is 6.78. The van der Waals surface area contributed by atoms with Crippen molar-refractivity contribution in [3.05, 3.63) is 101 Å². The molecular formula is C37H42N6O4. The standard InChI is InChI=1S/C37H42N6O4/c1-23-8-14-29(15-9-23)43-33(22-32(41-43)37(2,3)4)40-35(46)38-28-7-5-6-24(19-28)18-25-20-30-16-17-31(21-25)42(30)36(47)39-27-12-10-26(11-13-27)34(44)45/h5-15,19,22,25,30-31H,16-18,20-21H2,1-4H3,(H,39,47)(H,44,45)(H2,38,40,46). The molecule has 244 valence electrons. The molecule has 47 heavy (non-hydrogen) atoms. The highest BCUT2D eigenvalue weighted by atomic mass is 16.4. The van der Waals surface area contributed by atoms with E-state index in [0.717, 1.165) is 54.6 Å². The second-order valence-electron chi connectivity index (χ2n) is 13.8. The van der Waals surface area contributed by atoms with Crippen LogP contribution in [-0.4, -0.2) is 49.9 Å². The zero-order valence-electron chi connectivity index (χ0n) is 27.3. The summed E-state index contributed by atoms with van der Waals surface area (Å²) in [5.41, 5.74) is 5.34. The highest BCUT2D eigenvalue weighted by Crippen LogP contribution is 2.40. The number of hydrogen-bond acceptors (Lipinski definition) is 4. The number of urea groups is 2. The average Bonchev–Trinajstić information content (AvgIpc) is 3.56. The molecule has 2 atom stereocenters. The minimum atomic E-state index is -0.996. The monoisotopic (exact) mass is 634 g/mol. The minimum Gasteiger partial charge on any atom is -0.478 e. The van der Waals surface area contributed by atoms with E-state index in [1.54, 1.807) is 16.8 Å². The number of piperidine rings is 1. The van der Waals surface area contributed by atoms with Crippen molar-refractivity contribution in [2.45, 2.75) is 77.3 Å². The molecule has 4 aromatic rings. The van der Waals surface area contributed by atoms with E-state index in [4.69, 9.17) is 10.2 Å². The first-order chi connectivity index (χ1) is 22.4. The normalized spacial score (nSPS) is 18.9. The lowest BCUT2D eigenvalue weighted by atomic mass is 9.86. The number of benzene rings is 3. The summed E-state index contributed by atoms with van der Waals surface area (Å²) in [6, 6.07) is 24.0. The lowest BCUT2D eigenvalue weighted by Crippen LogP contribution is -2.48. The highest BCUT2D eigenvalue weighted by molar-refractivity contribution is 5.99. The first-order valence-corrected chi connectivity index (χ1v) is 16.2. The Kier molecular flexibility index (Phi) is 8.77. The smallest absolute Gasteiger partial charge is 0.335 e. The van der Waals surface area contributed by atoms with Gasteiger partial charge in [-0.2, -0.15) is 5.10 Å². The van der Waals surface area contributed by atoms with Crippen LogP contribution in [0.4, 0.5) is 26.8 Å².